The summed E-state index contributed by atoms with van der Waals surface area (Å²) in [5.74, 6) is 0.149. The number of hydrogen-bond donors (Lipinski definition) is 1. The summed E-state index contributed by atoms with van der Waals surface area (Å²) >= 11 is 6.15. The fourth-order valence-electron chi connectivity index (χ4n) is 2.83. The molecule has 1 heterocycles. The highest BCUT2D eigenvalue weighted by molar-refractivity contribution is 7.89. The summed E-state index contributed by atoms with van der Waals surface area (Å²) in [5.41, 5.74) is 1.37. The average Bonchev–Trinajstić information content (AvgIpc) is 3.00. The van der Waals surface area contributed by atoms with E-state index >= 15 is 0 Å². The first-order chi connectivity index (χ1) is 13.7. The minimum absolute atomic E-state index is 0.0740. The number of carbonyl (C=O) groups is 1. The van der Waals surface area contributed by atoms with Gasteiger partial charge in [0.25, 0.3) is 0 Å². The van der Waals surface area contributed by atoms with Crippen molar-refractivity contribution < 1.29 is 23.1 Å². The topological polar surface area (TPSA) is 102 Å². The Morgan fingerprint density at radius 1 is 1.31 bits per heavy atom. The highest BCUT2D eigenvalue weighted by Gasteiger charge is 2.23. The van der Waals surface area contributed by atoms with E-state index in [1.807, 2.05) is 4.57 Å². The van der Waals surface area contributed by atoms with Crippen LogP contribution in [-0.4, -0.2) is 54.1 Å². The highest BCUT2D eigenvalue weighted by Crippen LogP contribution is 2.22. The fourth-order valence-corrected chi connectivity index (χ4v) is 4.20. The number of aliphatic hydroxyl groups excluding tert-OH is 1. The van der Waals surface area contributed by atoms with Gasteiger partial charge in [-0.05, 0) is 24.1 Å². The minimum atomic E-state index is -3.81. The standard InChI is InChI=1S/C19H26ClN3O5S/c1-4-5-6-17-21-19(20)16(13-24)23(17)11-14-7-9-15(10-8-14)29(26,27)22(2)12-18(25)28-3/h7-10,24H,4-6,11-13H2,1-3H3. The molecule has 8 nitrogen and oxygen atoms in total. The molecule has 10 heteroatoms. The van der Waals surface area contributed by atoms with Gasteiger partial charge in [0.1, 0.15) is 12.4 Å². The van der Waals surface area contributed by atoms with E-state index in [0.29, 0.717) is 12.2 Å². The molecule has 0 bridgehead atoms. The van der Waals surface area contributed by atoms with Gasteiger partial charge in [-0.3, -0.25) is 4.79 Å². The predicted octanol–water partition coefficient (Wildman–Crippen LogP) is 2.21. The third kappa shape index (κ3) is 5.57. The van der Waals surface area contributed by atoms with Crippen molar-refractivity contribution in [1.29, 1.82) is 0 Å². The number of aromatic nitrogens is 2. The molecule has 1 N–H and O–H groups in total. The number of imidazole rings is 1. The fraction of sp³-hybridized carbons (Fsp3) is 0.474. The third-order valence-corrected chi connectivity index (χ3v) is 6.68. The van der Waals surface area contributed by atoms with Gasteiger partial charge in [0.05, 0.1) is 24.3 Å². The van der Waals surface area contributed by atoms with Gasteiger partial charge in [-0.25, -0.2) is 13.4 Å². The van der Waals surface area contributed by atoms with E-state index in [4.69, 9.17) is 11.6 Å². The minimum Gasteiger partial charge on any atom is -0.468 e. The molecule has 0 spiro atoms. The van der Waals surface area contributed by atoms with E-state index in [9.17, 15) is 18.3 Å². The molecule has 0 aliphatic carbocycles. The van der Waals surface area contributed by atoms with Crippen LogP contribution in [0, 0.1) is 0 Å². The Hall–Kier alpha value is -1.94. The van der Waals surface area contributed by atoms with Gasteiger partial charge in [0.2, 0.25) is 10.0 Å². The van der Waals surface area contributed by atoms with Crippen molar-refractivity contribution in [3.05, 3.63) is 46.5 Å². The van der Waals surface area contributed by atoms with Crippen molar-refractivity contribution in [3.63, 3.8) is 0 Å². The lowest BCUT2D eigenvalue weighted by Gasteiger charge is -2.16. The molecule has 2 aromatic rings. The van der Waals surface area contributed by atoms with Crippen LogP contribution in [0.4, 0.5) is 0 Å². The van der Waals surface area contributed by atoms with Crippen molar-refractivity contribution in [2.45, 2.75) is 44.2 Å². The van der Waals surface area contributed by atoms with Crippen molar-refractivity contribution >= 4 is 27.6 Å². The van der Waals surface area contributed by atoms with Gasteiger partial charge < -0.3 is 14.4 Å². The van der Waals surface area contributed by atoms with Crippen molar-refractivity contribution in [1.82, 2.24) is 13.9 Å². The molecule has 160 valence electrons. The third-order valence-electron chi connectivity index (χ3n) is 4.56. The SMILES string of the molecule is CCCCc1nc(Cl)c(CO)n1Cc1ccc(S(=O)(=O)N(C)CC(=O)OC)cc1. The lowest BCUT2D eigenvalue weighted by molar-refractivity contribution is -0.140. The Balaban J connectivity index is 2.24. The first-order valence-corrected chi connectivity index (χ1v) is 11.0. The van der Waals surface area contributed by atoms with Gasteiger partial charge in [0.15, 0.2) is 5.15 Å². The number of aryl methyl sites for hydroxylation is 1. The second-order valence-electron chi connectivity index (χ2n) is 6.59. The van der Waals surface area contributed by atoms with Crippen LogP contribution in [0.5, 0.6) is 0 Å². The lowest BCUT2D eigenvalue weighted by atomic mass is 10.2. The van der Waals surface area contributed by atoms with Crippen LogP contribution in [0.3, 0.4) is 0 Å². The highest BCUT2D eigenvalue weighted by atomic mass is 35.5. The first kappa shape index (κ1) is 23.3. The molecule has 0 fully saturated rings. The summed E-state index contributed by atoms with van der Waals surface area (Å²) in [6, 6.07) is 6.36. The lowest BCUT2D eigenvalue weighted by Crippen LogP contribution is -2.32. The molecule has 2 rings (SSSR count). The monoisotopic (exact) mass is 443 g/mol. The Morgan fingerprint density at radius 2 is 1.97 bits per heavy atom. The Morgan fingerprint density at radius 3 is 2.52 bits per heavy atom. The molecule has 0 saturated heterocycles. The smallest absolute Gasteiger partial charge is 0.321 e. The van der Waals surface area contributed by atoms with Crippen LogP contribution < -0.4 is 0 Å². The number of likely N-dealkylation sites (N-methyl/N-ethyl adjacent to an activating group) is 1. The van der Waals surface area contributed by atoms with Crippen LogP contribution in [0.15, 0.2) is 29.2 Å². The molecule has 0 amide bonds. The number of methoxy groups -OCH3 is 1. The maximum atomic E-state index is 12.6. The van der Waals surface area contributed by atoms with Crippen molar-refractivity contribution in [3.8, 4) is 0 Å². The largest absolute Gasteiger partial charge is 0.468 e. The normalized spacial score (nSPS) is 11.8. The molecule has 1 aromatic heterocycles. The molecule has 0 unspecified atom stereocenters. The maximum Gasteiger partial charge on any atom is 0.321 e. The Bertz CT molecular complexity index is 941. The second-order valence-corrected chi connectivity index (χ2v) is 9.00. The number of hydrogen-bond acceptors (Lipinski definition) is 6. The van der Waals surface area contributed by atoms with E-state index in [2.05, 4.69) is 16.6 Å². The Kier molecular flexibility index (Phi) is 8.21. The molecule has 0 saturated carbocycles. The summed E-state index contributed by atoms with van der Waals surface area (Å²) in [6.45, 7) is 1.89. The van der Waals surface area contributed by atoms with E-state index < -0.39 is 16.0 Å². The van der Waals surface area contributed by atoms with Gasteiger partial charge in [-0.1, -0.05) is 37.1 Å². The number of aliphatic hydroxyl groups is 1. The second kappa shape index (κ2) is 10.2. The molecular weight excluding hydrogens is 418 g/mol. The maximum absolute atomic E-state index is 12.6. The molecular formula is C19H26ClN3O5S. The first-order valence-electron chi connectivity index (χ1n) is 9.21. The van der Waals surface area contributed by atoms with Crippen LogP contribution in [0.2, 0.25) is 5.15 Å². The van der Waals surface area contributed by atoms with E-state index in [1.165, 1.54) is 26.3 Å². The zero-order chi connectivity index (χ0) is 21.6. The predicted molar refractivity (Wildman–Crippen MR) is 109 cm³/mol. The van der Waals surface area contributed by atoms with Crippen LogP contribution in [0.25, 0.3) is 0 Å². The molecule has 0 atom stereocenters. The number of nitrogens with zero attached hydrogens (tertiary/aromatic N) is 3. The van der Waals surface area contributed by atoms with Gasteiger partial charge in [-0.15, -0.1) is 0 Å². The van der Waals surface area contributed by atoms with Crippen LogP contribution in [-0.2, 0) is 39.1 Å². The number of halogens is 1. The summed E-state index contributed by atoms with van der Waals surface area (Å²) in [7, 11) is -1.29. The van der Waals surface area contributed by atoms with Crippen molar-refractivity contribution in [2.75, 3.05) is 20.7 Å². The number of esters is 1. The van der Waals surface area contributed by atoms with E-state index in [-0.39, 0.29) is 23.2 Å². The van der Waals surface area contributed by atoms with Gasteiger partial charge in [-0.2, -0.15) is 4.31 Å². The molecule has 0 aliphatic rings. The number of unbranched alkanes of at least 4 members (excludes halogenated alkanes) is 1. The summed E-state index contributed by atoms with van der Waals surface area (Å²) in [4.78, 5) is 15.8. The van der Waals surface area contributed by atoms with E-state index in [1.54, 1.807) is 12.1 Å². The molecule has 1 aromatic carbocycles. The summed E-state index contributed by atoms with van der Waals surface area (Å²) < 4.78 is 32.5. The molecule has 29 heavy (non-hydrogen) atoms. The quantitative estimate of drug-likeness (QED) is 0.565. The zero-order valence-electron chi connectivity index (χ0n) is 16.8. The number of benzene rings is 1. The number of rotatable bonds is 10. The van der Waals surface area contributed by atoms with Gasteiger partial charge >= 0.3 is 5.97 Å². The Labute approximate surface area is 176 Å². The summed E-state index contributed by atoms with van der Waals surface area (Å²) in [5, 5.41) is 9.93. The number of carbonyl (C=O) groups excluding carboxylic acids is 1. The van der Waals surface area contributed by atoms with Crippen LogP contribution >= 0.6 is 11.6 Å². The average molecular weight is 444 g/mol. The van der Waals surface area contributed by atoms with Crippen molar-refractivity contribution in [2.24, 2.45) is 0 Å². The van der Waals surface area contributed by atoms with Crippen LogP contribution in [0.1, 0.15) is 36.8 Å². The molecule has 0 radical (unpaired) electrons. The van der Waals surface area contributed by atoms with Gasteiger partial charge in [0, 0.05) is 20.0 Å². The zero-order valence-corrected chi connectivity index (χ0v) is 18.3. The summed E-state index contributed by atoms with van der Waals surface area (Å²) in [6.07, 6.45) is 2.69. The molecule has 0 aliphatic heterocycles. The number of sulfonamides is 1. The number of ether oxygens (including phenoxy) is 1. The van der Waals surface area contributed by atoms with E-state index in [0.717, 1.165) is 35.0 Å².